The molecule has 6 heteroatoms. The van der Waals surface area contributed by atoms with E-state index in [-0.39, 0.29) is 24.0 Å². The SMILES string of the molecule is CC(C)(C)CC(C)(C)c1ccc(OCCOS(=O)(=O)O)cc1. The Kier molecular flexibility index (Phi) is 6.01. The molecule has 1 aromatic rings. The standard InChI is InChI=1S/C16H26O5S/c1-15(2,3)12-16(4,5)13-6-8-14(9-7-13)20-10-11-21-22(17,18)19/h6-9H,10-12H2,1-5H3,(H,17,18,19). The van der Waals surface area contributed by atoms with Crippen LogP contribution in [0, 0.1) is 5.41 Å². The first kappa shape index (κ1) is 18.9. The predicted molar refractivity (Wildman–Crippen MR) is 86.5 cm³/mol. The molecule has 1 N–H and O–H groups in total. The van der Waals surface area contributed by atoms with Crippen LogP contribution in [-0.2, 0) is 20.0 Å². The van der Waals surface area contributed by atoms with E-state index >= 15 is 0 Å². The highest BCUT2D eigenvalue weighted by Gasteiger charge is 2.27. The number of hydrogen-bond acceptors (Lipinski definition) is 4. The van der Waals surface area contributed by atoms with Crippen molar-refractivity contribution in [1.82, 2.24) is 0 Å². The van der Waals surface area contributed by atoms with E-state index < -0.39 is 10.4 Å². The van der Waals surface area contributed by atoms with E-state index in [1.54, 1.807) is 0 Å². The molecule has 0 aliphatic carbocycles. The van der Waals surface area contributed by atoms with Crippen molar-refractivity contribution in [3.05, 3.63) is 29.8 Å². The van der Waals surface area contributed by atoms with Gasteiger partial charge in [0, 0.05) is 0 Å². The van der Waals surface area contributed by atoms with Crippen LogP contribution in [0.2, 0.25) is 0 Å². The zero-order valence-corrected chi connectivity index (χ0v) is 14.7. The van der Waals surface area contributed by atoms with Crippen LogP contribution in [0.25, 0.3) is 0 Å². The van der Waals surface area contributed by atoms with Gasteiger partial charge in [0.1, 0.15) is 19.0 Å². The van der Waals surface area contributed by atoms with Gasteiger partial charge in [0.2, 0.25) is 0 Å². The molecule has 0 bridgehead atoms. The molecule has 0 unspecified atom stereocenters. The molecule has 1 rings (SSSR count). The van der Waals surface area contributed by atoms with Crippen LogP contribution in [-0.4, -0.2) is 26.2 Å². The maximum atomic E-state index is 10.4. The van der Waals surface area contributed by atoms with Crippen molar-refractivity contribution in [2.45, 2.75) is 46.5 Å². The number of hydrogen-bond donors (Lipinski definition) is 1. The zero-order chi connectivity index (χ0) is 17.0. The molecular formula is C16H26O5S. The summed E-state index contributed by atoms with van der Waals surface area (Å²) >= 11 is 0. The largest absolute Gasteiger partial charge is 0.491 e. The van der Waals surface area contributed by atoms with E-state index in [0.717, 1.165) is 6.42 Å². The molecule has 0 radical (unpaired) electrons. The molecule has 0 fully saturated rings. The molecule has 0 saturated carbocycles. The second-order valence-electron chi connectivity index (χ2n) is 7.24. The number of rotatable bonds is 7. The van der Waals surface area contributed by atoms with Gasteiger partial charge in [-0.2, -0.15) is 8.42 Å². The molecular weight excluding hydrogens is 304 g/mol. The van der Waals surface area contributed by atoms with Crippen LogP contribution in [0.4, 0.5) is 0 Å². The number of benzene rings is 1. The second-order valence-corrected chi connectivity index (χ2v) is 8.34. The zero-order valence-electron chi connectivity index (χ0n) is 13.9. The molecule has 0 heterocycles. The first-order valence-electron chi connectivity index (χ1n) is 7.24. The lowest BCUT2D eigenvalue weighted by Crippen LogP contribution is -2.24. The van der Waals surface area contributed by atoms with E-state index in [1.165, 1.54) is 5.56 Å². The summed E-state index contributed by atoms with van der Waals surface area (Å²) in [4.78, 5) is 0. The molecule has 0 aromatic heterocycles. The highest BCUT2D eigenvalue weighted by atomic mass is 32.3. The highest BCUT2D eigenvalue weighted by Crippen LogP contribution is 2.36. The fraction of sp³-hybridized carbons (Fsp3) is 0.625. The highest BCUT2D eigenvalue weighted by molar-refractivity contribution is 7.80. The Morgan fingerprint density at radius 3 is 2.00 bits per heavy atom. The van der Waals surface area contributed by atoms with Crippen LogP contribution >= 0.6 is 0 Å². The van der Waals surface area contributed by atoms with Crippen molar-refractivity contribution < 1.29 is 21.9 Å². The average Bonchev–Trinajstić information content (AvgIpc) is 2.31. The summed E-state index contributed by atoms with van der Waals surface area (Å²) in [6, 6.07) is 7.75. The summed E-state index contributed by atoms with van der Waals surface area (Å²) in [5, 5.41) is 0. The van der Waals surface area contributed by atoms with Gasteiger partial charge < -0.3 is 4.74 Å². The van der Waals surface area contributed by atoms with E-state index in [2.05, 4.69) is 38.8 Å². The molecule has 22 heavy (non-hydrogen) atoms. The number of ether oxygens (including phenoxy) is 1. The molecule has 0 amide bonds. The van der Waals surface area contributed by atoms with Gasteiger partial charge in [-0.15, -0.1) is 0 Å². The average molecular weight is 330 g/mol. The first-order valence-corrected chi connectivity index (χ1v) is 8.61. The van der Waals surface area contributed by atoms with E-state index in [4.69, 9.17) is 9.29 Å². The lowest BCUT2D eigenvalue weighted by Gasteiger charge is -2.33. The summed E-state index contributed by atoms with van der Waals surface area (Å²) in [5.74, 6) is 0.634. The van der Waals surface area contributed by atoms with E-state index in [9.17, 15) is 8.42 Å². The van der Waals surface area contributed by atoms with Crippen LogP contribution < -0.4 is 4.74 Å². The fourth-order valence-corrected chi connectivity index (χ4v) is 3.01. The summed E-state index contributed by atoms with van der Waals surface area (Å²) in [7, 11) is -4.40. The van der Waals surface area contributed by atoms with Gasteiger partial charge >= 0.3 is 10.4 Å². The predicted octanol–water partition coefficient (Wildman–Crippen LogP) is 3.60. The third kappa shape index (κ3) is 7.24. The van der Waals surface area contributed by atoms with Crippen molar-refractivity contribution in [3.8, 4) is 5.75 Å². The van der Waals surface area contributed by atoms with Crippen LogP contribution in [0.5, 0.6) is 5.75 Å². The molecule has 126 valence electrons. The van der Waals surface area contributed by atoms with Gasteiger partial charge in [-0.05, 0) is 34.9 Å². The Labute approximate surface area is 133 Å². The van der Waals surface area contributed by atoms with Crippen molar-refractivity contribution >= 4 is 10.4 Å². The first-order chi connectivity index (χ1) is 9.89. The quantitative estimate of drug-likeness (QED) is 0.611. The maximum absolute atomic E-state index is 10.4. The van der Waals surface area contributed by atoms with Crippen molar-refractivity contribution in [3.63, 3.8) is 0 Å². The fourth-order valence-electron chi connectivity index (χ4n) is 2.73. The van der Waals surface area contributed by atoms with Crippen LogP contribution in [0.3, 0.4) is 0 Å². The smallest absolute Gasteiger partial charge is 0.397 e. The Balaban J connectivity index is 2.59. The summed E-state index contributed by atoms with van der Waals surface area (Å²) in [6.45, 7) is 10.9. The monoisotopic (exact) mass is 330 g/mol. The Morgan fingerprint density at radius 2 is 1.55 bits per heavy atom. The van der Waals surface area contributed by atoms with Crippen molar-refractivity contribution in [2.75, 3.05) is 13.2 Å². The van der Waals surface area contributed by atoms with Gasteiger partial charge in [-0.25, -0.2) is 4.18 Å². The topological polar surface area (TPSA) is 72.8 Å². The van der Waals surface area contributed by atoms with Crippen molar-refractivity contribution in [2.24, 2.45) is 5.41 Å². The second kappa shape index (κ2) is 6.98. The van der Waals surface area contributed by atoms with Gasteiger partial charge in [-0.3, -0.25) is 4.55 Å². The van der Waals surface area contributed by atoms with Crippen LogP contribution in [0.15, 0.2) is 24.3 Å². The lowest BCUT2D eigenvalue weighted by atomic mass is 9.72. The molecule has 1 aromatic carbocycles. The lowest BCUT2D eigenvalue weighted by molar-refractivity contribution is 0.201. The Bertz CT molecular complexity index is 568. The molecule has 5 nitrogen and oxygen atoms in total. The van der Waals surface area contributed by atoms with Gasteiger partial charge in [0.05, 0.1) is 0 Å². The van der Waals surface area contributed by atoms with E-state index in [1.807, 2.05) is 24.3 Å². The van der Waals surface area contributed by atoms with Gasteiger partial charge in [-0.1, -0.05) is 46.8 Å². The van der Waals surface area contributed by atoms with Gasteiger partial charge in [0.25, 0.3) is 0 Å². The minimum atomic E-state index is -4.40. The third-order valence-electron chi connectivity index (χ3n) is 3.19. The Hall–Kier alpha value is -1.11. The molecule has 0 saturated heterocycles. The van der Waals surface area contributed by atoms with Gasteiger partial charge in [0.15, 0.2) is 0 Å². The van der Waals surface area contributed by atoms with E-state index in [0.29, 0.717) is 5.75 Å². The molecule has 0 aliphatic rings. The summed E-state index contributed by atoms with van der Waals surface area (Å²) in [5.41, 5.74) is 1.53. The maximum Gasteiger partial charge on any atom is 0.397 e. The molecule has 0 spiro atoms. The summed E-state index contributed by atoms with van der Waals surface area (Å²) < 4.78 is 38.8. The minimum absolute atomic E-state index is 0.0462. The normalized spacial score (nSPS) is 13.2. The Morgan fingerprint density at radius 1 is 1.00 bits per heavy atom. The van der Waals surface area contributed by atoms with Crippen molar-refractivity contribution in [1.29, 1.82) is 0 Å². The third-order valence-corrected chi connectivity index (χ3v) is 3.66. The summed E-state index contributed by atoms with van der Waals surface area (Å²) in [6.07, 6.45) is 1.06. The molecule has 0 atom stereocenters. The minimum Gasteiger partial charge on any atom is -0.491 e. The van der Waals surface area contributed by atoms with Crippen LogP contribution in [0.1, 0.15) is 46.6 Å². The molecule has 0 aliphatic heterocycles.